The second kappa shape index (κ2) is 6.32. The molecule has 2 N–H and O–H groups in total. The number of phenolic OH excluding ortho intramolecular Hbond substituents is 1. The molecule has 0 radical (unpaired) electrons. The summed E-state index contributed by atoms with van der Waals surface area (Å²) in [7, 11) is 3.56. The van der Waals surface area contributed by atoms with Crippen LogP contribution in [0.25, 0.3) is 21.8 Å². The zero-order valence-electron chi connectivity index (χ0n) is 15.3. The van der Waals surface area contributed by atoms with Crippen molar-refractivity contribution in [2.24, 2.45) is 7.05 Å². The van der Waals surface area contributed by atoms with Crippen molar-refractivity contribution in [1.29, 1.82) is 0 Å². The largest absolute Gasteiger partial charge is 0.508 e. The Morgan fingerprint density at radius 2 is 1.93 bits per heavy atom. The van der Waals surface area contributed by atoms with Gasteiger partial charge in [-0.25, -0.2) is 0 Å². The lowest BCUT2D eigenvalue weighted by molar-refractivity contribution is 0.0964. The Morgan fingerprint density at radius 1 is 1.15 bits per heavy atom. The minimum Gasteiger partial charge on any atom is -0.508 e. The van der Waals surface area contributed by atoms with Crippen LogP contribution in [0.4, 0.5) is 0 Å². The maximum atomic E-state index is 12.2. The van der Waals surface area contributed by atoms with Gasteiger partial charge in [-0.2, -0.15) is 0 Å². The minimum absolute atomic E-state index is 0.105. The van der Waals surface area contributed by atoms with Gasteiger partial charge in [-0.15, -0.1) is 0 Å². The number of fused-ring (bicyclic) bond motifs is 2. The van der Waals surface area contributed by atoms with Gasteiger partial charge < -0.3 is 19.7 Å². The zero-order valence-corrected chi connectivity index (χ0v) is 15.3. The molecule has 0 bridgehead atoms. The van der Waals surface area contributed by atoms with E-state index in [9.17, 15) is 9.90 Å². The summed E-state index contributed by atoms with van der Waals surface area (Å²) in [4.78, 5) is 16.5. The molecule has 0 aliphatic carbocycles. The van der Waals surface area contributed by atoms with Gasteiger partial charge in [0.1, 0.15) is 17.2 Å². The Kier molecular flexibility index (Phi) is 3.96. The van der Waals surface area contributed by atoms with Crippen molar-refractivity contribution in [3.8, 4) is 17.2 Å². The second-order valence-electron chi connectivity index (χ2n) is 6.39. The number of pyridine rings is 1. The first kappa shape index (κ1) is 16.9. The molecule has 0 fully saturated rings. The highest BCUT2D eigenvalue weighted by Crippen LogP contribution is 2.33. The van der Waals surface area contributed by atoms with Gasteiger partial charge in [-0.1, -0.05) is 0 Å². The second-order valence-corrected chi connectivity index (χ2v) is 6.39. The third-order valence-electron chi connectivity index (χ3n) is 4.83. The lowest BCUT2D eigenvalue weighted by Gasteiger charge is -2.09. The predicted molar refractivity (Wildman–Crippen MR) is 105 cm³/mol. The number of benzene rings is 2. The van der Waals surface area contributed by atoms with E-state index in [1.54, 1.807) is 37.5 Å². The number of nitrogens with zero attached hydrogens (tertiary/aromatic N) is 2. The molecule has 0 saturated heterocycles. The number of phenols is 1. The number of aromatic nitrogens is 2. The molecule has 0 aliphatic rings. The Labute approximate surface area is 156 Å². The monoisotopic (exact) mass is 361 g/mol. The average molecular weight is 361 g/mol. The summed E-state index contributed by atoms with van der Waals surface area (Å²) in [6.45, 7) is 1.92. The van der Waals surface area contributed by atoms with Gasteiger partial charge in [0.05, 0.1) is 16.6 Å². The molecule has 4 aromatic rings. The number of aryl methyl sites for hydroxylation is 1. The molecule has 0 saturated carbocycles. The number of hydrogen-bond donors (Lipinski definition) is 2. The molecule has 0 unspecified atom stereocenters. The van der Waals surface area contributed by atoms with Crippen molar-refractivity contribution in [2.75, 3.05) is 7.05 Å². The summed E-state index contributed by atoms with van der Waals surface area (Å²) in [6.07, 6.45) is 1.64. The van der Waals surface area contributed by atoms with Gasteiger partial charge >= 0.3 is 0 Å². The van der Waals surface area contributed by atoms with Crippen LogP contribution < -0.4 is 10.1 Å². The molecule has 2 aromatic carbocycles. The Balaban J connectivity index is 1.80. The normalized spacial score (nSPS) is 11.1. The molecule has 6 nitrogen and oxygen atoms in total. The first-order valence-electron chi connectivity index (χ1n) is 8.56. The van der Waals surface area contributed by atoms with Crippen LogP contribution in [0.2, 0.25) is 0 Å². The van der Waals surface area contributed by atoms with Crippen molar-refractivity contribution in [1.82, 2.24) is 14.9 Å². The summed E-state index contributed by atoms with van der Waals surface area (Å²) in [6, 6.07) is 12.4. The number of rotatable bonds is 3. The SMILES string of the molecule is CNC(=O)c1c(C)n(C)c2cc(Oc3ccnc4cc(O)ccc34)ccc12. The van der Waals surface area contributed by atoms with Gasteiger partial charge in [0.15, 0.2) is 0 Å². The Bertz CT molecular complexity index is 1190. The van der Waals surface area contributed by atoms with Crippen LogP contribution in [0, 0.1) is 6.92 Å². The molecule has 2 heterocycles. The highest BCUT2D eigenvalue weighted by molar-refractivity contribution is 6.08. The van der Waals surface area contributed by atoms with Crippen LogP contribution in [0.5, 0.6) is 17.2 Å². The standard InChI is InChI=1S/C21H19N3O3/c1-12-20(21(26)22-2)16-7-5-14(11-18(16)24(12)3)27-19-8-9-23-17-10-13(25)4-6-15(17)19/h4-11,25H,1-3H3,(H,22,26). The van der Waals surface area contributed by atoms with Crippen LogP contribution in [0.15, 0.2) is 48.7 Å². The molecule has 2 aromatic heterocycles. The first-order valence-corrected chi connectivity index (χ1v) is 8.56. The highest BCUT2D eigenvalue weighted by Gasteiger charge is 2.18. The van der Waals surface area contributed by atoms with E-state index in [-0.39, 0.29) is 11.7 Å². The van der Waals surface area contributed by atoms with E-state index in [2.05, 4.69) is 10.3 Å². The van der Waals surface area contributed by atoms with Crippen molar-refractivity contribution >= 4 is 27.7 Å². The van der Waals surface area contributed by atoms with Crippen molar-refractivity contribution in [3.63, 3.8) is 0 Å². The highest BCUT2D eigenvalue weighted by atomic mass is 16.5. The summed E-state index contributed by atoms with van der Waals surface area (Å²) in [5.41, 5.74) is 3.14. The first-order chi connectivity index (χ1) is 13.0. The van der Waals surface area contributed by atoms with Crippen LogP contribution in [-0.2, 0) is 7.05 Å². The van der Waals surface area contributed by atoms with E-state index in [4.69, 9.17) is 4.74 Å². The molecule has 6 heteroatoms. The number of aromatic hydroxyl groups is 1. The van der Waals surface area contributed by atoms with E-state index < -0.39 is 0 Å². The summed E-state index contributed by atoms with van der Waals surface area (Å²) < 4.78 is 8.08. The fraction of sp³-hybridized carbons (Fsp3) is 0.143. The molecule has 27 heavy (non-hydrogen) atoms. The number of carbonyl (C=O) groups excluding carboxylic acids is 1. The molecular formula is C21H19N3O3. The molecule has 0 spiro atoms. The summed E-state index contributed by atoms with van der Waals surface area (Å²) in [5.74, 6) is 1.37. The van der Waals surface area contributed by atoms with E-state index in [1.807, 2.05) is 36.7 Å². The number of nitrogens with one attached hydrogen (secondary N) is 1. The van der Waals surface area contributed by atoms with Crippen LogP contribution in [0.1, 0.15) is 16.1 Å². The maximum absolute atomic E-state index is 12.2. The lowest BCUT2D eigenvalue weighted by Crippen LogP contribution is -2.18. The molecule has 0 aliphatic heterocycles. The third kappa shape index (κ3) is 2.75. The summed E-state index contributed by atoms with van der Waals surface area (Å²) in [5, 5.41) is 14.0. The Hall–Kier alpha value is -3.54. The molecular weight excluding hydrogens is 342 g/mol. The topological polar surface area (TPSA) is 76.4 Å². The van der Waals surface area contributed by atoms with Crippen molar-refractivity contribution in [3.05, 3.63) is 59.9 Å². The van der Waals surface area contributed by atoms with Gasteiger partial charge in [0, 0.05) is 48.9 Å². The number of hydrogen-bond acceptors (Lipinski definition) is 4. The van der Waals surface area contributed by atoms with Crippen LogP contribution in [0.3, 0.4) is 0 Å². The molecule has 136 valence electrons. The lowest BCUT2D eigenvalue weighted by atomic mass is 10.1. The number of amides is 1. The minimum atomic E-state index is -0.105. The van der Waals surface area contributed by atoms with E-state index in [0.29, 0.717) is 22.6 Å². The number of ether oxygens (including phenoxy) is 1. The van der Waals surface area contributed by atoms with Crippen molar-refractivity contribution in [2.45, 2.75) is 6.92 Å². The van der Waals surface area contributed by atoms with E-state index in [0.717, 1.165) is 22.0 Å². The van der Waals surface area contributed by atoms with Crippen LogP contribution >= 0.6 is 0 Å². The molecule has 0 atom stereocenters. The van der Waals surface area contributed by atoms with Gasteiger partial charge in [0.25, 0.3) is 5.91 Å². The average Bonchev–Trinajstić information content (AvgIpc) is 2.92. The van der Waals surface area contributed by atoms with Gasteiger partial charge in [-0.3, -0.25) is 9.78 Å². The van der Waals surface area contributed by atoms with Gasteiger partial charge in [-0.05, 0) is 37.3 Å². The maximum Gasteiger partial charge on any atom is 0.253 e. The fourth-order valence-electron chi connectivity index (χ4n) is 3.34. The van der Waals surface area contributed by atoms with E-state index >= 15 is 0 Å². The fourth-order valence-corrected chi connectivity index (χ4v) is 3.34. The number of carbonyl (C=O) groups is 1. The zero-order chi connectivity index (χ0) is 19.1. The Morgan fingerprint density at radius 3 is 2.70 bits per heavy atom. The van der Waals surface area contributed by atoms with E-state index in [1.165, 1.54) is 0 Å². The quantitative estimate of drug-likeness (QED) is 0.580. The summed E-state index contributed by atoms with van der Waals surface area (Å²) >= 11 is 0. The molecule has 1 amide bonds. The smallest absolute Gasteiger partial charge is 0.253 e. The van der Waals surface area contributed by atoms with Crippen LogP contribution in [-0.4, -0.2) is 27.6 Å². The van der Waals surface area contributed by atoms with Crippen molar-refractivity contribution < 1.29 is 14.6 Å². The van der Waals surface area contributed by atoms with Gasteiger partial charge in [0.2, 0.25) is 0 Å². The third-order valence-corrected chi connectivity index (χ3v) is 4.83. The molecule has 4 rings (SSSR count). The predicted octanol–water partition coefficient (Wildman–Crippen LogP) is 3.89.